The van der Waals surface area contributed by atoms with E-state index >= 15 is 0 Å². The fraction of sp³-hybridized carbons (Fsp3) is 0.250. The zero-order valence-electron chi connectivity index (χ0n) is 12.6. The van der Waals surface area contributed by atoms with Crippen molar-refractivity contribution in [2.24, 2.45) is 0 Å². The smallest absolute Gasteiger partial charge is 0.234 e. The van der Waals surface area contributed by atoms with Crippen LogP contribution < -0.4 is 9.47 Å². The molecule has 2 rings (SSSR count). The highest BCUT2D eigenvalue weighted by molar-refractivity contribution is 6.10. The number of nitriles is 2. The first kappa shape index (κ1) is 16.1. The normalized spacial score (nSPS) is 13.3. The molecule has 1 aromatic rings. The van der Waals surface area contributed by atoms with Crippen LogP contribution in [0.2, 0.25) is 0 Å². The molecular formula is C16H13N3O4. The van der Waals surface area contributed by atoms with Crippen molar-refractivity contribution in [3.05, 3.63) is 29.3 Å². The summed E-state index contributed by atoms with van der Waals surface area (Å²) in [6.07, 6.45) is 0.0984. The van der Waals surface area contributed by atoms with Crippen molar-refractivity contribution < 1.29 is 19.1 Å². The highest BCUT2D eigenvalue weighted by Gasteiger charge is 2.34. The van der Waals surface area contributed by atoms with E-state index in [1.165, 1.54) is 26.4 Å². The van der Waals surface area contributed by atoms with Crippen LogP contribution in [0.3, 0.4) is 0 Å². The number of amides is 2. The van der Waals surface area contributed by atoms with Crippen molar-refractivity contribution in [3.63, 3.8) is 0 Å². The third kappa shape index (κ3) is 2.99. The number of carbonyl (C=O) groups is 2. The van der Waals surface area contributed by atoms with Crippen molar-refractivity contribution in [1.82, 2.24) is 4.90 Å². The average Bonchev–Trinajstić information content (AvgIpc) is 2.90. The van der Waals surface area contributed by atoms with E-state index in [0.29, 0.717) is 17.1 Å². The Kier molecular flexibility index (Phi) is 4.63. The summed E-state index contributed by atoms with van der Waals surface area (Å²) >= 11 is 0. The van der Waals surface area contributed by atoms with Gasteiger partial charge in [-0.05, 0) is 12.1 Å². The lowest BCUT2D eigenvalue weighted by Crippen LogP contribution is -2.28. The van der Waals surface area contributed by atoms with Gasteiger partial charge in [-0.2, -0.15) is 10.5 Å². The van der Waals surface area contributed by atoms with E-state index in [1.807, 2.05) is 0 Å². The third-order valence-electron chi connectivity index (χ3n) is 3.36. The number of carbonyl (C=O) groups excluding carboxylic acids is 2. The van der Waals surface area contributed by atoms with Gasteiger partial charge in [0.1, 0.15) is 23.6 Å². The van der Waals surface area contributed by atoms with Gasteiger partial charge in [0.25, 0.3) is 0 Å². The Labute approximate surface area is 132 Å². The van der Waals surface area contributed by atoms with Crippen molar-refractivity contribution in [3.8, 4) is 23.6 Å². The first-order valence-corrected chi connectivity index (χ1v) is 6.69. The Hall–Kier alpha value is -3.32. The van der Waals surface area contributed by atoms with Gasteiger partial charge in [-0.1, -0.05) is 0 Å². The molecule has 7 heteroatoms. The van der Waals surface area contributed by atoms with Gasteiger partial charge in [-0.15, -0.1) is 0 Å². The Bertz CT molecular complexity index is 729. The van der Waals surface area contributed by atoms with Crippen LogP contribution in [0, 0.1) is 22.7 Å². The van der Waals surface area contributed by atoms with E-state index in [9.17, 15) is 20.1 Å². The summed E-state index contributed by atoms with van der Waals surface area (Å²) in [7, 11) is 2.90. The molecule has 0 saturated carbocycles. The number of hydrogen-bond donors (Lipinski definition) is 0. The van der Waals surface area contributed by atoms with Gasteiger partial charge in [0.15, 0.2) is 5.57 Å². The molecule has 116 valence electrons. The summed E-state index contributed by atoms with van der Waals surface area (Å²) < 4.78 is 10.3. The van der Waals surface area contributed by atoms with Crippen molar-refractivity contribution in [1.29, 1.82) is 10.5 Å². The predicted octanol–water partition coefficient (Wildman–Crippen LogP) is 1.61. The maximum absolute atomic E-state index is 12.0. The molecule has 1 saturated heterocycles. The number of imide groups is 1. The second-order valence-electron chi connectivity index (χ2n) is 4.67. The summed E-state index contributed by atoms with van der Waals surface area (Å²) in [6, 6.07) is 8.14. The van der Waals surface area contributed by atoms with Gasteiger partial charge in [-0.3, -0.25) is 9.59 Å². The van der Waals surface area contributed by atoms with Crippen molar-refractivity contribution >= 4 is 17.5 Å². The Morgan fingerprint density at radius 3 is 1.87 bits per heavy atom. The summed E-state index contributed by atoms with van der Waals surface area (Å²) in [5.74, 6) is -0.0816. The Balaban J connectivity index is 2.73. The molecule has 1 heterocycles. The monoisotopic (exact) mass is 311 g/mol. The van der Waals surface area contributed by atoms with Crippen LogP contribution in [0.15, 0.2) is 23.8 Å². The quantitative estimate of drug-likeness (QED) is 0.618. The number of likely N-dealkylation sites (tertiary alicyclic amines) is 1. The summed E-state index contributed by atoms with van der Waals surface area (Å²) in [5.41, 5.74) is -0.0495. The zero-order chi connectivity index (χ0) is 17.0. The van der Waals surface area contributed by atoms with Crippen LogP contribution in [0.25, 0.3) is 5.70 Å². The van der Waals surface area contributed by atoms with Gasteiger partial charge in [0.2, 0.25) is 11.8 Å². The molecule has 1 fully saturated rings. The second kappa shape index (κ2) is 6.63. The highest BCUT2D eigenvalue weighted by Crippen LogP contribution is 2.33. The average molecular weight is 311 g/mol. The molecule has 0 unspecified atom stereocenters. The fourth-order valence-electron chi connectivity index (χ4n) is 2.29. The molecule has 0 spiro atoms. The summed E-state index contributed by atoms with van der Waals surface area (Å²) in [5, 5.41) is 18.4. The van der Waals surface area contributed by atoms with E-state index in [2.05, 4.69) is 0 Å². The van der Waals surface area contributed by atoms with Gasteiger partial charge in [0, 0.05) is 24.5 Å². The molecule has 0 aromatic heterocycles. The molecule has 0 N–H and O–H groups in total. The third-order valence-corrected chi connectivity index (χ3v) is 3.36. The van der Waals surface area contributed by atoms with Crippen LogP contribution >= 0.6 is 0 Å². The van der Waals surface area contributed by atoms with E-state index in [0.717, 1.165) is 4.90 Å². The SMILES string of the molecule is COc1cc(OC)cc(C(=C(C#N)C#N)N2C(=O)CCC2=O)c1. The molecule has 0 aliphatic carbocycles. The van der Waals surface area contributed by atoms with Gasteiger partial charge in [0.05, 0.1) is 19.9 Å². The van der Waals surface area contributed by atoms with Crippen molar-refractivity contribution in [2.75, 3.05) is 14.2 Å². The summed E-state index contributed by atoms with van der Waals surface area (Å²) in [6.45, 7) is 0. The standard InChI is InChI=1S/C16H13N3O4/c1-22-12-5-10(6-13(7-12)23-2)16(11(8-17)9-18)19-14(20)3-4-15(19)21/h5-7H,3-4H2,1-2H3. The Morgan fingerprint density at radius 2 is 1.48 bits per heavy atom. The first-order valence-electron chi connectivity index (χ1n) is 6.69. The van der Waals surface area contributed by atoms with Crippen LogP contribution in [0.5, 0.6) is 11.5 Å². The molecule has 1 aromatic carbocycles. The van der Waals surface area contributed by atoms with Gasteiger partial charge in [-0.25, -0.2) is 4.90 Å². The minimum absolute atomic E-state index is 0.0419. The molecule has 2 amide bonds. The number of allylic oxidation sites excluding steroid dienone is 1. The topological polar surface area (TPSA) is 103 Å². The minimum Gasteiger partial charge on any atom is -0.497 e. The fourth-order valence-corrected chi connectivity index (χ4v) is 2.29. The van der Waals surface area contributed by atoms with E-state index < -0.39 is 11.8 Å². The molecule has 7 nitrogen and oxygen atoms in total. The van der Waals surface area contributed by atoms with Crippen LogP contribution in [-0.2, 0) is 9.59 Å². The highest BCUT2D eigenvalue weighted by atomic mass is 16.5. The predicted molar refractivity (Wildman–Crippen MR) is 78.8 cm³/mol. The number of hydrogen-bond acceptors (Lipinski definition) is 6. The number of nitrogens with zero attached hydrogens (tertiary/aromatic N) is 3. The van der Waals surface area contributed by atoms with E-state index in [1.54, 1.807) is 18.2 Å². The second-order valence-corrected chi connectivity index (χ2v) is 4.67. The summed E-state index contributed by atoms with van der Waals surface area (Å²) in [4.78, 5) is 25.0. The maximum Gasteiger partial charge on any atom is 0.234 e. The van der Waals surface area contributed by atoms with Crippen molar-refractivity contribution in [2.45, 2.75) is 12.8 Å². The lowest BCUT2D eigenvalue weighted by molar-refractivity contribution is -0.134. The molecule has 23 heavy (non-hydrogen) atoms. The zero-order valence-corrected chi connectivity index (χ0v) is 12.6. The molecule has 0 bridgehead atoms. The van der Waals surface area contributed by atoms with E-state index in [4.69, 9.17) is 9.47 Å². The molecule has 1 aliphatic heterocycles. The lowest BCUT2D eigenvalue weighted by Gasteiger charge is -2.19. The molecular weight excluding hydrogens is 298 g/mol. The molecule has 1 aliphatic rings. The first-order chi connectivity index (χ1) is 11.0. The Morgan fingerprint density at radius 1 is 1.00 bits per heavy atom. The van der Waals surface area contributed by atoms with Crippen LogP contribution in [0.1, 0.15) is 18.4 Å². The minimum atomic E-state index is -0.449. The number of methoxy groups -OCH3 is 2. The van der Waals surface area contributed by atoms with E-state index in [-0.39, 0.29) is 24.1 Å². The maximum atomic E-state index is 12.0. The number of ether oxygens (including phenoxy) is 2. The van der Waals surface area contributed by atoms with Gasteiger partial charge >= 0.3 is 0 Å². The largest absolute Gasteiger partial charge is 0.497 e. The molecule has 0 radical (unpaired) electrons. The lowest BCUT2D eigenvalue weighted by atomic mass is 10.1. The number of benzene rings is 1. The van der Waals surface area contributed by atoms with Crippen LogP contribution in [0.4, 0.5) is 0 Å². The number of rotatable bonds is 4. The van der Waals surface area contributed by atoms with Gasteiger partial charge < -0.3 is 9.47 Å². The van der Waals surface area contributed by atoms with Crippen LogP contribution in [-0.4, -0.2) is 30.9 Å². The molecule has 0 atom stereocenters.